The Labute approximate surface area is 199 Å². The van der Waals surface area contributed by atoms with Crippen LogP contribution in [-0.4, -0.2) is 26.5 Å². The number of rotatable bonds is 15. The summed E-state index contributed by atoms with van der Waals surface area (Å²) in [7, 11) is -0.754. The molecule has 0 saturated heterocycles. The average molecular weight is 504 g/mol. The number of benzene rings is 2. The molecular formula is C27H39BrO2Si. The molecule has 0 aliphatic rings. The van der Waals surface area contributed by atoms with Crippen LogP contribution in [0.15, 0.2) is 72.8 Å². The van der Waals surface area contributed by atoms with E-state index in [4.69, 9.17) is 9.16 Å². The summed E-state index contributed by atoms with van der Waals surface area (Å²) in [6.07, 6.45) is 12.9. The molecule has 2 aromatic carbocycles. The molecule has 0 heterocycles. The van der Waals surface area contributed by atoms with Crippen LogP contribution in [0.25, 0.3) is 0 Å². The number of methoxy groups -OCH3 is 1. The number of halogens is 1. The lowest BCUT2D eigenvalue weighted by Crippen LogP contribution is -2.63. The zero-order chi connectivity index (χ0) is 22.4. The van der Waals surface area contributed by atoms with E-state index in [-0.39, 0.29) is 11.1 Å². The van der Waals surface area contributed by atoms with Gasteiger partial charge in [-0.15, -0.1) is 0 Å². The number of ether oxygens (including phenoxy) is 1. The molecule has 2 atom stereocenters. The summed E-state index contributed by atoms with van der Waals surface area (Å²) in [5, 5.41) is 2.56. The standard InChI is InChI=1S/C27H39BrO2Si/c1-4-6-8-9-10-17-22-26(28)27(29-3)30-31(23-7-5-2,24-18-13-11-14-19-24)25-20-15-12-16-21-25/h5,7,11-16,18-21,26-27H,4,6,8-10,17,22-23H2,1-3H3/b7-5+. The average Bonchev–Trinajstić information content (AvgIpc) is 2.83. The Bertz CT molecular complexity index is 696. The molecule has 2 nitrogen and oxygen atoms in total. The van der Waals surface area contributed by atoms with Gasteiger partial charge in [-0.3, -0.25) is 0 Å². The Hall–Kier alpha value is -1.20. The van der Waals surface area contributed by atoms with E-state index >= 15 is 0 Å². The molecule has 0 aliphatic carbocycles. The van der Waals surface area contributed by atoms with Crippen molar-refractivity contribution in [2.24, 2.45) is 0 Å². The summed E-state index contributed by atoms with van der Waals surface area (Å²) in [4.78, 5) is 0.175. The maximum Gasteiger partial charge on any atom is 0.262 e. The van der Waals surface area contributed by atoms with Crippen LogP contribution in [0.4, 0.5) is 0 Å². The van der Waals surface area contributed by atoms with E-state index in [0.717, 1.165) is 12.5 Å². The van der Waals surface area contributed by atoms with Crippen LogP contribution in [0, 0.1) is 0 Å². The van der Waals surface area contributed by atoms with E-state index in [2.05, 4.69) is 103 Å². The third-order valence-electron chi connectivity index (χ3n) is 5.80. The second-order valence-corrected chi connectivity index (χ2v) is 12.8. The Morgan fingerprint density at radius 1 is 0.871 bits per heavy atom. The van der Waals surface area contributed by atoms with Gasteiger partial charge in [0, 0.05) is 7.11 Å². The molecule has 0 N–H and O–H groups in total. The fraction of sp³-hybridized carbons (Fsp3) is 0.481. The van der Waals surface area contributed by atoms with Gasteiger partial charge in [0.1, 0.15) is 0 Å². The van der Waals surface area contributed by atoms with Crippen LogP contribution in [0.1, 0.15) is 58.8 Å². The maximum atomic E-state index is 7.04. The Balaban J connectivity index is 2.24. The van der Waals surface area contributed by atoms with E-state index in [1.165, 1.54) is 48.9 Å². The third-order valence-corrected chi connectivity index (χ3v) is 10.7. The zero-order valence-electron chi connectivity index (χ0n) is 19.4. The minimum atomic E-state index is -2.52. The summed E-state index contributed by atoms with van der Waals surface area (Å²) in [5.74, 6) is 0. The number of alkyl halides is 1. The molecule has 0 aromatic heterocycles. The van der Waals surface area contributed by atoms with Crippen molar-refractivity contribution in [3.8, 4) is 0 Å². The molecule has 4 heteroatoms. The predicted molar refractivity (Wildman–Crippen MR) is 140 cm³/mol. The van der Waals surface area contributed by atoms with Gasteiger partial charge < -0.3 is 9.16 Å². The van der Waals surface area contributed by atoms with Gasteiger partial charge in [-0.25, -0.2) is 0 Å². The summed E-state index contributed by atoms with van der Waals surface area (Å²) in [6.45, 7) is 4.34. The molecule has 0 aliphatic heterocycles. The van der Waals surface area contributed by atoms with Crippen molar-refractivity contribution in [2.75, 3.05) is 7.11 Å². The molecule has 2 aromatic rings. The molecule has 0 amide bonds. The molecule has 0 spiro atoms. The van der Waals surface area contributed by atoms with E-state index in [9.17, 15) is 0 Å². The molecule has 31 heavy (non-hydrogen) atoms. The largest absolute Gasteiger partial charge is 0.382 e. The highest BCUT2D eigenvalue weighted by atomic mass is 79.9. The molecule has 2 rings (SSSR count). The van der Waals surface area contributed by atoms with Crippen molar-refractivity contribution in [1.29, 1.82) is 0 Å². The van der Waals surface area contributed by atoms with Gasteiger partial charge in [-0.2, -0.15) is 0 Å². The van der Waals surface area contributed by atoms with Crippen molar-refractivity contribution in [2.45, 2.75) is 76.0 Å². The lowest BCUT2D eigenvalue weighted by Gasteiger charge is -2.36. The fourth-order valence-corrected chi connectivity index (χ4v) is 8.72. The first-order chi connectivity index (χ1) is 15.2. The van der Waals surface area contributed by atoms with Crippen molar-refractivity contribution >= 4 is 34.6 Å². The molecular weight excluding hydrogens is 464 g/mol. The zero-order valence-corrected chi connectivity index (χ0v) is 22.0. The van der Waals surface area contributed by atoms with Gasteiger partial charge >= 0.3 is 0 Å². The van der Waals surface area contributed by atoms with E-state index in [1.54, 1.807) is 7.11 Å². The van der Waals surface area contributed by atoms with Crippen molar-refractivity contribution in [3.63, 3.8) is 0 Å². The van der Waals surface area contributed by atoms with Gasteiger partial charge in [-0.05, 0) is 29.8 Å². The van der Waals surface area contributed by atoms with Gasteiger partial charge in [0.25, 0.3) is 8.32 Å². The highest BCUT2D eigenvalue weighted by Gasteiger charge is 2.42. The summed E-state index contributed by atoms with van der Waals surface area (Å²) in [6, 6.07) is 22.3. The minimum Gasteiger partial charge on any atom is -0.382 e. The topological polar surface area (TPSA) is 18.5 Å². The van der Waals surface area contributed by atoms with Crippen LogP contribution in [0.5, 0.6) is 0 Å². The molecule has 170 valence electrons. The monoisotopic (exact) mass is 502 g/mol. The summed E-state index contributed by atoms with van der Waals surface area (Å²) < 4.78 is 13.0. The first kappa shape index (κ1) is 26.1. The third kappa shape index (κ3) is 8.01. The van der Waals surface area contributed by atoms with E-state index < -0.39 is 8.32 Å². The quantitative estimate of drug-likeness (QED) is 0.0873. The molecule has 2 unspecified atom stereocenters. The lowest BCUT2D eigenvalue weighted by atomic mass is 10.1. The molecule has 0 radical (unpaired) electrons. The van der Waals surface area contributed by atoms with Gasteiger partial charge in [-0.1, -0.05) is 134 Å². The second-order valence-electron chi connectivity index (χ2n) is 8.13. The van der Waals surface area contributed by atoms with Crippen molar-refractivity contribution < 1.29 is 9.16 Å². The van der Waals surface area contributed by atoms with Crippen molar-refractivity contribution in [1.82, 2.24) is 0 Å². The Morgan fingerprint density at radius 3 is 1.94 bits per heavy atom. The van der Waals surface area contributed by atoms with Crippen LogP contribution in [0.2, 0.25) is 6.04 Å². The van der Waals surface area contributed by atoms with Crippen molar-refractivity contribution in [3.05, 3.63) is 72.8 Å². The smallest absolute Gasteiger partial charge is 0.262 e. The number of hydrogen-bond donors (Lipinski definition) is 0. The fourth-order valence-electron chi connectivity index (χ4n) is 4.01. The normalized spacial score (nSPS) is 14.1. The second kappa shape index (κ2) is 14.8. The highest BCUT2D eigenvalue weighted by Crippen LogP contribution is 2.24. The molecule has 0 bridgehead atoms. The molecule has 0 saturated carbocycles. The number of unbranched alkanes of at least 4 members (excludes halogenated alkanes) is 5. The van der Waals surface area contributed by atoms with Gasteiger partial charge in [0.05, 0.1) is 4.83 Å². The first-order valence-electron chi connectivity index (χ1n) is 11.7. The van der Waals surface area contributed by atoms with Gasteiger partial charge in [0.15, 0.2) is 6.29 Å². The summed E-state index contributed by atoms with van der Waals surface area (Å²) >= 11 is 3.91. The van der Waals surface area contributed by atoms with Crippen LogP contribution >= 0.6 is 15.9 Å². The number of allylic oxidation sites excluding steroid dienone is 2. The van der Waals surface area contributed by atoms with E-state index in [0.29, 0.717) is 0 Å². The minimum absolute atomic E-state index is 0.175. The Kier molecular flexibility index (Phi) is 12.4. The predicted octanol–water partition coefficient (Wildman–Crippen LogP) is 6.83. The Morgan fingerprint density at radius 2 is 1.42 bits per heavy atom. The van der Waals surface area contributed by atoms with E-state index in [1.807, 2.05) is 0 Å². The molecule has 0 fully saturated rings. The first-order valence-corrected chi connectivity index (χ1v) is 14.8. The van der Waals surface area contributed by atoms with Crippen LogP contribution in [-0.2, 0) is 9.16 Å². The maximum absolute atomic E-state index is 7.04. The number of hydrogen-bond acceptors (Lipinski definition) is 2. The SMILES string of the molecule is C/C=C/C[Si](OC(OC)C(Br)CCCCCCCC)(c1ccccc1)c1ccccc1. The summed E-state index contributed by atoms with van der Waals surface area (Å²) in [5.41, 5.74) is 0. The van der Waals surface area contributed by atoms with Gasteiger partial charge in [0.2, 0.25) is 0 Å². The highest BCUT2D eigenvalue weighted by molar-refractivity contribution is 9.09. The van der Waals surface area contributed by atoms with Crippen LogP contribution < -0.4 is 10.4 Å². The lowest BCUT2D eigenvalue weighted by molar-refractivity contribution is -0.0577. The van der Waals surface area contributed by atoms with Crippen LogP contribution in [0.3, 0.4) is 0 Å².